The minimum absolute atomic E-state index is 0. The summed E-state index contributed by atoms with van der Waals surface area (Å²) < 4.78 is 3.19. The van der Waals surface area contributed by atoms with Crippen LogP contribution in [0.1, 0.15) is 0 Å². The normalized spacial score (nSPS) is 2.25. The molecule has 8 heteroatoms. The van der Waals surface area contributed by atoms with Crippen LogP contribution < -0.4 is 0 Å². The standard InChI is InChI=1S/Al.Cl2O.3ClH.H2S.3H/c;1-3-2;;;;;;;/h;;3*1H;1H2;;;. The van der Waals surface area contributed by atoms with Crippen molar-refractivity contribution in [1.29, 1.82) is 0 Å². The van der Waals surface area contributed by atoms with Crippen LogP contribution in [0.2, 0.25) is 0 Å². The zero-order valence-electron chi connectivity index (χ0n) is 2.89. The highest BCUT2D eigenvalue weighted by atomic mass is 35.6. The Labute approximate surface area is 95.0 Å². The van der Waals surface area contributed by atoms with E-state index in [2.05, 4.69) is 27.6 Å². The van der Waals surface area contributed by atoms with Crippen LogP contribution in [-0.4, -0.2) is 17.4 Å². The summed E-state index contributed by atoms with van der Waals surface area (Å²) in [6.45, 7) is 0. The zero-order chi connectivity index (χ0) is 2.71. The second kappa shape index (κ2) is 58.9. The van der Waals surface area contributed by atoms with Gasteiger partial charge in [-0.15, -0.1) is 37.2 Å². The number of rotatable bonds is 0. The van der Waals surface area contributed by atoms with Crippen LogP contribution in [0.15, 0.2) is 0 Å². The van der Waals surface area contributed by atoms with Crippen LogP contribution in [0.25, 0.3) is 0 Å². The summed E-state index contributed by atoms with van der Waals surface area (Å²) in [6, 6.07) is 0. The van der Waals surface area contributed by atoms with E-state index in [1.165, 1.54) is 0 Å². The molecule has 0 amide bonds. The van der Waals surface area contributed by atoms with Crippen molar-refractivity contribution in [1.82, 2.24) is 0 Å². The van der Waals surface area contributed by atoms with Gasteiger partial charge in [0.2, 0.25) is 0 Å². The third kappa shape index (κ3) is 83.9. The molecule has 1 nitrogen and oxygen atoms in total. The minimum atomic E-state index is 0. The van der Waals surface area contributed by atoms with Gasteiger partial charge in [-0.3, -0.25) is 0 Å². The topological polar surface area (TPSA) is 9.23 Å². The van der Waals surface area contributed by atoms with Crippen molar-refractivity contribution in [3.63, 3.8) is 0 Å². The Morgan fingerprint density at radius 1 is 0.875 bits per heavy atom. The van der Waals surface area contributed by atoms with E-state index in [0.29, 0.717) is 0 Å². The Hall–Kier alpha value is 2.29. The van der Waals surface area contributed by atoms with Gasteiger partial charge in [-0.2, -0.15) is 17.3 Å². The average Bonchev–Trinajstić information content (AvgIpc) is 0.918. The monoisotopic (exact) mass is 258 g/mol. The average molecular weight is 260 g/mol. The number of halogens is 5. The molecule has 0 aromatic rings. The highest BCUT2D eigenvalue weighted by molar-refractivity contribution is 7.59. The molecule has 58 valence electrons. The lowest BCUT2D eigenvalue weighted by atomic mass is 15.9. The van der Waals surface area contributed by atoms with Gasteiger partial charge in [0.1, 0.15) is 0 Å². The Bertz CT molecular complexity index is 12.4. The molecule has 0 heterocycles. The van der Waals surface area contributed by atoms with Crippen molar-refractivity contribution < 1.29 is 3.84 Å². The molecule has 0 saturated heterocycles. The van der Waals surface area contributed by atoms with Crippen LogP contribution >= 0.6 is 74.4 Å². The fraction of sp³-hybridized carbons (Fsp3) is 0. The van der Waals surface area contributed by atoms with E-state index in [1.54, 1.807) is 0 Å². The first kappa shape index (κ1) is 48.2. The van der Waals surface area contributed by atoms with Gasteiger partial charge in [0.05, 0.1) is 23.7 Å². The lowest BCUT2D eigenvalue weighted by Gasteiger charge is -1.46. The Kier molecular flexibility index (Phi) is 355. The molecular formula is H8AlCl5OS. The van der Waals surface area contributed by atoms with Crippen molar-refractivity contribution in [3.05, 3.63) is 0 Å². The molecule has 0 aromatic heterocycles. The molecule has 0 radical (unpaired) electrons. The summed E-state index contributed by atoms with van der Waals surface area (Å²) in [4.78, 5) is 0. The van der Waals surface area contributed by atoms with Gasteiger partial charge in [0.15, 0.2) is 17.4 Å². The lowest BCUT2D eigenvalue weighted by Crippen LogP contribution is -1.15. The molecule has 0 unspecified atom stereocenters. The molecule has 0 aromatic carbocycles. The SMILES string of the molecule is Cl.Cl.Cl.ClOCl.S.[AlH3]. The van der Waals surface area contributed by atoms with E-state index in [9.17, 15) is 0 Å². The molecule has 0 N–H and O–H groups in total. The first-order valence-corrected chi connectivity index (χ1v) is 0.926. The predicted octanol–water partition coefficient (Wildman–Crippen LogP) is 1.50. The first-order valence-electron chi connectivity index (χ1n) is 0.309. The van der Waals surface area contributed by atoms with E-state index in [4.69, 9.17) is 0 Å². The Balaban J connectivity index is -0.00000000200. The highest BCUT2D eigenvalue weighted by Gasteiger charge is 1.38. The zero-order valence-corrected chi connectivity index (χ0v) is 7.85. The molecule has 0 atom stereocenters. The molecule has 0 aliphatic rings. The van der Waals surface area contributed by atoms with Gasteiger partial charge in [0.25, 0.3) is 0 Å². The van der Waals surface area contributed by atoms with E-state index in [-0.39, 0.29) is 68.1 Å². The fourth-order valence-electron chi connectivity index (χ4n) is 0. The maximum atomic E-state index is 4.26. The van der Waals surface area contributed by atoms with Crippen molar-refractivity contribution in [2.45, 2.75) is 0 Å². The van der Waals surface area contributed by atoms with Gasteiger partial charge in [0, 0.05) is 0 Å². The number of hydrogen-bond acceptors (Lipinski definition) is 1. The maximum Gasteiger partial charge on any atom is 0.187 e. The van der Waals surface area contributed by atoms with Gasteiger partial charge in [-0.25, -0.2) is 0 Å². The van der Waals surface area contributed by atoms with E-state index in [0.717, 1.165) is 0 Å². The third-order valence-electron chi connectivity index (χ3n) is 0. The van der Waals surface area contributed by atoms with Crippen LogP contribution in [0, 0.1) is 0 Å². The largest absolute Gasteiger partial charge is 0.197 e. The van der Waals surface area contributed by atoms with Gasteiger partial charge < -0.3 is 0 Å². The summed E-state index contributed by atoms with van der Waals surface area (Å²) in [5, 5.41) is 0. The first-order chi connectivity index (χ1) is 1.41. The molecule has 0 bridgehead atoms. The Morgan fingerprint density at radius 2 is 0.875 bits per heavy atom. The minimum Gasteiger partial charge on any atom is -0.197 e. The summed E-state index contributed by atoms with van der Waals surface area (Å²) >= 11 is 8.53. The highest BCUT2D eigenvalue weighted by Crippen LogP contribution is 1.78. The molecule has 0 saturated carbocycles. The van der Waals surface area contributed by atoms with E-state index < -0.39 is 0 Å². The van der Waals surface area contributed by atoms with Crippen LogP contribution in [0.5, 0.6) is 0 Å². The summed E-state index contributed by atoms with van der Waals surface area (Å²) in [6.07, 6.45) is 0. The van der Waals surface area contributed by atoms with Crippen molar-refractivity contribution >= 4 is 91.8 Å². The van der Waals surface area contributed by atoms with Crippen LogP contribution in [-0.2, 0) is 3.84 Å². The molecule has 0 aliphatic carbocycles. The third-order valence-corrected chi connectivity index (χ3v) is 0. The molecular weight excluding hydrogens is 252 g/mol. The summed E-state index contributed by atoms with van der Waals surface area (Å²) in [5.41, 5.74) is 0. The van der Waals surface area contributed by atoms with Gasteiger partial charge in [-0.1, -0.05) is 0 Å². The Morgan fingerprint density at radius 3 is 0.875 bits per heavy atom. The number of hydrogen-bond donors (Lipinski definition) is 0. The second-order valence-electron chi connectivity index (χ2n) is 0.0583. The molecule has 0 rings (SSSR count). The van der Waals surface area contributed by atoms with Crippen molar-refractivity contribution in [3.8, 4) is 0 Å². The van der Waals surface area contributed by atoms with Gasteiger partial charge in [-0.05, 0) is 0 Å². The lowest BCUT2D eigenvalue weighted by molar-refractivity contribution is 0.697. The second-order valence-corrected chi connectivity index (χ2v) is 0.525. The molecule has 0 aliphatic heterocycles. The van der Waals surface area contributed by atoms with Gasteiger partial charge >= 0.3 is 0 Å². The molecule has 0 fully saturated rings. The van der Waals surface area contributed by atoms with E-state index >= 15 is 0 Å². The molecule has 0 spiro atoms. The van der Waals surface area contributed by atoms with Crippen molar-refractivity contribution in [2.24, 2.45) is 0 Å². The summed E-state index contributed by atoms with van der Waals surface area (Å²) in [7, 11) is 0. The van der Waals surface area contributed by atoms with Crippen molar-refractivity contribution in [2.75, 3.05) is 0 Å². The van der Waals surface area contributed by atoms with Crippen LogP contribution in [0.3, 0.4) is 0 Å². The summed E-state index contributed by atoms with van der Waals surface area (Å²) in [5.74, 6) is 0. The van der Waals surface area contributed by atoms with E-state index in [1.807, 2.05) is 0 Å². The maximum absolute atomic E-state index is 4.26. The molecule has 8 heavy (non-hydrogen) atoms. The smallest absolute Gasteiger partial charge is 0.187 e. The fourth-order valence-corrected chi connectivity index (χ4v) is 0. The van der Waals surface area contributed by atoms with Crippen LogP contribution in [0.4, 0.5) is 0 Å². The quantitative estimate of drug-likeness (QED) is 0.600. The predicted molar refractivity (Wildman–Crippen MR) is 54.9 cm³/mol.